The number of hydrogen-bond acceptors (Lipinski definition) is 4. The zero-order valence-electron chi connectivity index (χ0n) is 14.7. The van der Waals surface area contributed by atoms with E-state index in [2.05, 4.69) is 15.5 Å². The summed E-state index contributed by atoms with van der Waals surface area (Å²) in [6, 6.07) is 6.90. The van der Waals surface area contributed by atoms with Crippen molar-refractivity contribution < 1.29 is 9.13 Å². The molecule has 0 radical (unpaired) electrons. The van der Waals surface area contributed by atoms with Gasteiger partial charge in [-0.05, 0) is 24.6 Å². The molecule has 0 spiro atoms. The maximum atomic E-state index is 14.4. The molecule has 0 saturated carbocycles. The predicted molar refractivity (Wildman–Crippen MR) is 95.2 cm³/mol. The van der Waals surface area contributed by atoms with Crippen LogP contribution in [0.3, 0.4) is 0 Å². The summed E-state index contributed by atoms with van der Waals surface area (Å²) in [4.78, 5) is 0. The highest BCUT2D eigenvalue weighted by molar-refractivity contribution is 5.41. The van der Waals surface area contributed by atoms with Crippen molar-refractivity contribution in [1.29, 1.82) is 0 Å². The van der Waals surface area contributed by atoms with Gasteiger partial charge < -0.3 is 10.1 Å². The smallest absolute Gasteiger partial charge is 0.129 e. The van der Waals surface area contributed by atoms with E-state index in [1.165, 1.54) is 6.07 Å². The maximum absolute atomic E-state index is 14.4. The van der Waals surface area contributed by atoms with Gasteiger partial charge in [-0.1, -0.05) is 6.07 Å². The Morgan fingerprint density at radius 1 is 1.31 bits per heavy atom. The third kappa shape index (κ3) is 3.40. The SMILES string of the molecule is Cn1cc([C@H]2OCC[C@@H]2CNCc2c(F)cccc2-n2cccn2)cn1. The molecule has 4 rings (SSSR count). The molecule has 2 aromatic heterocycles. The number of nitrogens with zero attached hydrogens (tertiary/aromatic N) is 4. The zero-order chi connectivity index (χ0) is 17.9. The molecular weight excluding hydrogens is 333 g/mol. The van der Waals surface area contributed by atoms with Crippen LogP contribution < -0.4 is 5.32 Å². The van der Waals surface area contributed by atoms with Crippen LogP contribution in [0.1, 0.15) is 23.7 Å². The summed E-state index contributed by atoms with van der Waals surface area (Å²) in [5.41, 5.74) is 2.47. The molecule has 26 heavy (non-hydrogen) atoms. The van der Waals surface area contributed by atoms with Gasteiger partial charge in [0.15, 0.2) is 0 Å². The molecule has 3 heterocycles. The first-order chi connectivity index (χ1) is 12.7. The minimum atomic E-state index is -0.225. The second-order valence-electron chi connectivity index (χ2n) is 6.61. The Labute approximate surface area is 151 Å². The van der Waals surface area contributed by atoms with Crippen molar-refractivity contribution in [1.82, 2.24) is 24.9 Å². The van der Waals surface area contributed by atoms with Crippen LogP contribution in [-0.2, 0) is 18.3 Å². The molecule has 6 nitrogen and oxygen atoms in total. The number of halogens is 1. The molecule has 136 valence electrons. The Bertz CT molecular complexity index is 861. The van der Waals surface area contributed by atoms with Crippen LogP contribution in [0.15, 0.2) is 49.1 Å². The van der Waals surface area contributed by atoms with E-state index in [1.807, 2.05) is 37.8 Å². The van der Waals surface area contributed by atoms with E-state index >= 15 is 0 Å². The van der Waals surface area contributed by atoms with Gasteiger partial charge in [0.25, 0.3) is 0 Å². The molecule has 0 unspecified atom stereocenters. The third-order valence-electron chi connectivity index (χ3n) is 4.82. The second kappa shape index (κ2) is 7.39. The fraction of sp³-hybridized carbons (Fsp3) is 0.368. The first kappa shape index (κ1) is 16.9. The van der Waals surface area contributed by atoms with Gasteiger partial charge in [0.05, 0.1) is 18.0 Å². The van der Waals surface area contributed by atoms with Crippen LogP contribution in [0.2, 0.25) is 0 Å². The Balaban J connectivity index is 1.44. The van der Waals surface area contributed by atoms with E-state index in [4.69, 9.17) is 4.74 Å². The summed E-state index contributed by atoms with van der Waals surface area (Å²) in [6.45, 7) is 1.94. The number of hydrogen-bond donors (Lipinski definition) is 1. The first-order valence-electron chi connectivity index (χ1n) is 8.80. The lowest BCUT2D eigenvalue weighted by molar-refractivity contribution is 0.0904. The average Bonchev–Trinajstić information content (AvgIpc) is 3.37. The van der Waals surface area contributed by atoms with Crippen molar-refractivity contribution in [3.05, 3.63) is 66.0 Å². The van der Waals surface area contributed by atoms with Crippen molar-refractivity contribution in [3.8, 4) is 5.69 Å². The largest absolute Gasteiger partial charge is 0.373 e. The van der Waals surface area contributed by atoms with Crippen LogP contribution in [0.25, 0.3) is 5.69 Å². The quantitative estimate of drug-likeness (QED) is 0.738. The highest BCUT2D eigenvalue weighted by atomic mass is 19.1. The molecule has 1 fully saturated rings. The monoisotopic (exact) mass is 355 g/mol. The Morgan fingerprint density at radius 2 is 2.23 bits per heavy atom. The van der Waals surface area contributed by atoms with Gasteiger partial charge in [-0.15, -0.1) is 0 Å². The first-order valence-corrected chi connectivity index (χ1v) is 8.80. The third-order valence-corrected chi connectivity index (χ3v) is 4.82. The molecule has 1 saturated heterocycles. The second-order valence-corrected chi connectivity index (χ2v) is 6.61. The van der Waals surface area contributed by atoms with Gasteiger partial charge in [-0.2, -0.15) is 10.2 Å². The minimum Gasteiger partial charge on any atom is -0.373 e. The number of benzene rings is 1. The lowest BCUT2D eigenvalue weighted by Gasteiger charge is -2.18. The predicted octanol–water partition coefficient (Wildman–Crippen LogP) is 2.61. The summed E-state index contributed by atoms with van der Waals surface area (Å²) in [5.74, 6) is 0.121. The van der Waals surface area contributed by atoms with Crippen molar-refractivity contribution in [2.75, 3.05) is 13.2 Å². The van der Waals surface area contributed by atoms with E-state index in [1.54, 1.807) is 21.6 Å². The lowest BCUT2D eigenvalue weighted by atomic mass is 9.97. The molecule has 0 amide bonds. The summed E-state index contributed by atoms with van der Waals surface area (Å²) >= 11 is 0. The van der Waals surface area contributed by atoms with Gasteiger partial charge >= 0.3 is 0 Å². The number of ether oxygens (including phenoxy) is 1. The van der Waals surface area contributed by atoms with Gasteiger partial charge in [-0.25, -0.2) is 9.07 Å². The van der Waals surface area contributed by atoms with Crippen LogP contribution in [0.5, 0.6) is 0 Å². The Kier molecular flexibility index (Phi) is 4.81. The minimum absolute atomic E-state index is 0.0439. The molecule has 1 aliphatic heterocycles. The Hall–Kier alpha value is -2.51. The highest BCUT2D eigenvalue weighted by Crippen LogP contribution is 2.33. The maximum Gasteiger partial charge on any atom is 0.129 e. The average molecular weight is 355 g/mol. The molecule has 2 atom stereocenters. The lowest BCUT2D eigenvalue weighted by Crippen LogP contribution is -2.25. The van der Waals surface area contributed by atoms with Crippen molar-refractivity contribution in [3.63, 3.8) is 0 Å². The van der Waals surface area contributed by atoms with Crippen molar-refractivity contribution in [2.24, 2.45) is 13.0 Å². The van der Waals surface area contributed by atoms with Crippen LogP contribution in [0, 0.1) is 11.7 Å². The molecule has 1 aromatic carbocycles. The van der Waals surface area contributed by atoms with Crippen LogP contribution in [-0.4, -0.2) is 32.7 Å². The topological polar surface area (TPSA) is 56.9 Å². The number of aryl methyl sites for hydroxylation is 1. The summed E-state index contributed by atoms with van der Waals surface area (Å²) in [5, 5.41) is 11.9. The molecule has 0 aliphatic carbocycles. The Morgan fingerprint density at radius 3 is 3.00 bits per heavy atom. The van der Waals surface area contributed by atoms with Gasteiger partial charge in [0.2, 0.25) is 0 Å². The van der Waals surface area contributed by atoms with Gasteiger partial charge in [-0.3, -0.25) is 4.68 Å². The van der Waals surface area contributed by atoms with Crippen LogP contribution in [0.4, 0.5) is 4.39 Å². The molecule has 7 heteroatoms. The molecule has 1 aliphatic rings. The van der Waals surface area contributed by atoms with E-state index in [-0.39, 0.29) is 11.9 Å². The van der Waals surface area contributed by atoms with Crippen molar-refractivity contribution >= 4 is 0 Å². The van der Waals surface area contributed by atoms with E-state index in [9.17, 15) is 4.39 Å². The van der Waals surface area contributed by atoms with E-state index in [0.29, 0.717) is 18.0 Å². The summed E-state index contributed by atoms with van der Waals surface area (Å²) in [7, 11) is 1.90. The molecular formula is C19H22FN5O. The van der Waals surface area contributed by atoms with E-state index in [0.717, 1.165) is 30.8 Å². The number of rotatable bonds is 6. The fourth-order valence-corrected chi connectivity index (χ4v) is 3.53. The van der Waals surface area contributed by atoms with Gasteiger partial charge in [0.1, 0.15) is 5.82 Å². The number of nitrogens with one attached hydrogen (secondary N) is 1. The van der Waals surface area contributed by atoms with E-state index < -0.39 is 0 Å². The number of aromatic nitrogens is 4. The fourth-order valence-electron chi connectivity index (χ4n) is 3.53. The molecule has 0 bridgehead atoms. The normalized spacial score (nSPS) is 19.9. The highest BCUT2D eigenvalue weighted by Gasteiger charge is 2.30. The molecule has 1 N–H and O–H groups in total. The zero-order valence-corrected chi connectivity index (χ0v) is 14.7. The van der Waals surface area contributed by atoms with Crippen molar-refractivity contribution in [2.45, 2.75) is 19.1 Å². The summed E-state index contributed by atoms with van der Waals surface area (Å²) in [6.07, 6.45) is 8.39. The molecule has 3 aromatic rings. The summed E-state index contributed by atoms with van der Waals surface area (Å²) < 4.78 is 23.7. The van der Waals surface area contributed by atoms with Crippen LogP contribution >= 0.6 is 0 Å². The standard InChI is InChI=1S/C19H22FN5O/c1-24-13-15(11-23-24)19-14(6-9-26-19)10-21-12-16-17(20)4-2-5-18(16)25-8-3-7-22-25/h2-5,7-8,11,13-14,19,21H,6,9-10,12H2,1H3/t14-,19+/m1/s1. The van der Waals surface area contributed by atoms with Gasteiger partial charge in [0, 0.05) is 62.4 Å².